The first-order chi connectivity index (χ1) is 8.72. The van der Waals surface area contributed by atoms with Crippen molar-refractivity contribution < 1.29 is 13.9 Å². The van der Waals surface area contributed by atoms with Gasteiger partial charge in [-0.25, -0.2) is 0 Å². The van der Waals surface area contributed by atoms with Crippen LogP contribution in [0.5, 0.6) is 0 Å². The van der Waals surface area contributed by atoms with Crippen molar-refractivity contribution in [1.29, 1.82) is 0 Å². The van der Waals surface area contributed by atoms with Crippen molar-refractivity contribution in [3.63, 3.8) is 0 Å². The van der Waals surface area contributed by atoms with Crippen molar-refractivity contribution in [3.05, 3.63) is 35.0 Å². The van der Waals surface area contributed by atoms with E-state index >= 15 is 0 Å². The van der Waals surface area contributed by atoms with Gasteiger partial charge in [-0.15, -0.1) is 0 Å². The van der Waals surface area contributed by atoms with Gasteiger partial charge in [-0.2, -0.15) is 0 Å². The average Bonchev–Trinajstić information content (AvgIpc) is 2.80. The molecule has 1 unspecified atom stereocenters. The average molecular weight is 270 g/mol. The highest BCUT2D eigenvalue weighted by Crippen LogP contribution is 2.28. The molecule has 0 spiro atoms. The zero-order valence-electron chi connectivity index (χ0n) is 10.2. The second kappa shape index (κ2) is 6.20. The first-order valence-electron chi connectivity index (χ1n) is 5.72. The predicted octanol–water partition coefficient (Wildman–Crippen LogP) is 2.75. The molecule has 0 aliphatic carbocycles. The van der Waals surface area contributed by atoms with Gasteiger partial charge in [0.1, 0.15) is 5.76 Å². The molecule has 98 valence electrons. The maximum absolute atomic E-state index is 6.04. The maximum atomic E-state index is 6.04. The Morgan fingerprint density at radius 2 is 2.22 bits per heavy atom. The lowest BCUT2D eigenvalue weighted by Crippen LogP contribution is -2.17. The minimum absolute atomic E-state index is 0.301. The summed E-state index contributed by atoms with van der Waals surface area (Å²) in [6.45, 7) is 1.46. The molecule has 0 aliphatic rings. The van der Waals surface area contributed by atoms with Crippen molar-refractivity contribution >= 4 is 22.6 Å². The quantitative estimate of drug-likeness (QED) is 0.819. The number of hydrogen-bond donors (Lipinski definition) is 1. The first kappa shape index (κ1) is 13.4. The van der Waals surface area contributed by atoms with Gasteiger partial charge < -0.3 is 19.6 Å². The molecular weight excluding hydrogens is 254 g/mol. The van der Waals surface area contributed by atoms with Crippen LogP contribution in [-0.4, -0.2) is 26.9 Å². The molecule has 2 N–H and O–H groups in total. The Kier molecular flexibility index (Phi) is 4.60. The van der Waals surface area contributed by atoms with Crippen LogP contribution in [0, 0.1) is 0 Å². The van der Waals surface area contributed by atoms with Gasteiger partial charge in [0.2, 0.25) is 0 Å². The Bertz CT molecular complexity index is 512. The van der Waals surface area contributed by atoms with Gasteiger partial charge in [-0.3, -0.25) is 0 Å². The molecule has 1 aromatic carbocycles. The number of methoxy groups -OCH3 is 1. The van der Waals surface area contributed by atoms with E-state index in [0.29, 0.717) is 36.2 Å². The van der Waals surface area contributed by atoms with E-state index in [4.69, 9.17) is 31.2 Å². The number of ether oxygens (including phenoxy) is 2. The zero-order valence-corrected chi connectivity index (χ0v) is 10.9. The van der Waals surface area contributed by atoms with Crippen molar-refractivity contribution in [2.75, 3.05) is 26.9 Å². The van der Waals surface area contributed by atoms with Crippen molar-refractivity contribution in [2.24, 2.45) is 5.73 Å². The molecule has 0 bridgehead atoms. The molecular formula is C13H16ClNO3. The summed E-state index contributed by atoms with van der Waals surface area (Å²) < 4.78 is 15.9. The number of benzene rings is 1. The SMILES string of the molecule is COCCOCC(N)c1cc2cccc(Cl)c2o1. The van der Waals surface area contributed by atoms with Crippen LogP contribution >= 0.6 is 11.6 Å². The highest BCUT2D eigenvalue weighted by molar-refractivity contribution is 6.34. The van der Waals surface area contributed by atoms with Crippen LogP contribution in [0.2, 0.25) is 5.02 Å². The predicted molar refractivity (Wildman–Crippen MR) is 70.8 cm³/mol. The van der Waals surface area contributed by atoms with Crippen LogP contribution in [0.15, 0.2) is 28.7 Å². The Morgan fingerprint density at radius 3 is 2.94 bits per heavy atom. The van der Waals surface area contributed by atoms with E-state index in [1.807, 2.05) is 18.2 Å². The third-order valence-electron chi connectivity index (χ3n) is 2.61. The Balaban J connectivity index is 2.04. The van der Waals surface area contributed by atoms with E-state index in [1.54, 1.807) is 13.2 Å². The summed E-state index contributed by atoms with van der Waals surface area (Å²) in [6, 6.07) is 7.20. The van der Waals surface area contributed by atoms with E-state index in [0.717, 1.165) is 5.39 Å². The molecule has 1 heterocycles. The van der Waals surface area contributed by atoms with Gasteiger partial charge in [0.15, 0.2) is 5.58 Å². The molecule has 18 heavy (non-hydrogen) atoms. The van der Waals surface area contributed by atoms with Gasteiger partial charge in [0.05, 0.1) is 30.9 Å². The first-order valence-corrected chi connectivity index (χ1v) is 6.10. The Hall–Kier alpha value is -1.07. The largest absolute Gasteiger partial charge is 0.458 e. The van der Waals surface area contributed by atoms with Crippen LogP contribution in [0.3, 0.4) is 0 Å². The minimum Gasteiger partial charge on any atom is -0.458 e. The lowest BCUT2D eigenvalue weighted by Gasteiger charge is -2.08. The molecule has 0 radical (unpaired) electrons. The number of fused-ring (bicyclic) bond motifs is 1. The van der Waals surface area contributed by atoms with Gasteiger partial charge >= 0.3 is 0 Å². The van der Waals surface area contributed by atoms with Crippen LogP contribution in [0.25, 0.3) is 11.0 Å². The molecule has 2 rings (SSSR count). The van der Waals surface area contributed by atoms with E-state index in [9.17, 15) is 0 Å². The van der Waals surface area contributed by atoms with Gasteiger partial charge in [-0.1, -0.05) is 23.7 Å². The molecule has 2 aromatic rings. The van der Waals surface area contributed by atoms with Gasteiger partial charge in [0.25, 0.3) is 0 Å². The molecule has 0 fully saturated rings. The topological polar surface area (TPSA) is 57.6 Å². The molecule has 0 saturated carbocycles. The standard InChI is InChI=1S/C13H16ClNO3/c1-16-5-6-17-8-11(15)12-7-9-3-2-4-10(14)13(9)18-12/h2-4,7,11H,5-6,8,15H2,1H3. The highest BCUT2D eigenvalue weighted by atomic mass is 35.5. The molecule has 0 saturated heterocycles. The minimum atomic E-state index is -0.301. The molecule has 0 amide bonds. The summed E-state index contributed by atoms with van der Waals surface area (Å²) in [4.78, 5) is 0. The fourth-order valence-electron chi connectivity index (χ4n) is 1.66. The van der Waals surface area contributed by atoms with Crippen molar-refractivity contribution in [1.82, 2.24) is 0 Å². The number of rotatable bonds is 6. The van der Waals surface area contributed by atoms with E-state index in [1.165, 1.54) is 0 Å². The Morgan fingerprint density at radius 1 is 1.39 bits per heavy atom. The Labute approximate surface area is 111 Å². The molecule has 5 heteroatoms. The van der Waals surface area contributed by atoms with Crippen LogP contribution in [-0.2, 0) is 9.47 Å². The molecule has 1 atom stereocenters. The lowest BCUT2D eigenvalue weighted by molar-refractivity contribution is 0.0612. The fourth-order valence-corrected chi connectivity index (χ4v) is 1.89. The number of nitrogens with two attached hydrogens (primary N) is 1. The zero-order chi connectivity index (χ0) is 13.0. The summed E-state index contributed by atoms with van der Waals surface area (Å²) in [7, 11) is 1.63. The number of hydrogen-bond acceptors (Lipinski definition) is 4. The fraction of sp³-hybridized carbons (Fsp3) is 0.385. The molecule has 1 aromatic heterocycles. The molecule has 4 nitrogen and oxygen atoms in total. The summed E-state index contributed by atoms with van der Waals surface area (Å²) in [5.41, 5.74) is 6.66. The van der Waals surface area contributed by atoms with E-state index < -0.39 is 0 Å². The maximum Gasteiger partial charge on any atom is 0.152 e. The third kappa shape index (κ3) is 3.03. The van der Waals surface area contributed by atoms with Crippen LogP contribution < -0.4 is 5.73 Å². The highest BCUT2D eigenvalue weighted by Gasteiger charge is 2.13. The third-order valence-corrected chi connectivity index (χ3v) is 2.91. The number of para-hydroxylation sites is 1. The van der Waals surface area contributed by atoms with Gasteiger partial charge in [0, 0.05) is 12.5 Å². The second-order valence-corrected chi connectivity index (χ2v) is 4.39. The summed E-state index contributed by atoms with van der Waals surface area (Å²) in [5.74, 6) is 0.676. The summed E-state index contributed by atoms with van der Waals surface area (Å²) in [5, 5.41) is 1.54. The van der Waals surface area contributed by atoms with Crippen LogP contribution in [0.4, 0.5) is 0 Å². The summed E-state index contributed by atoms with van der Waals surface area (Å²) >= 11 is 6.04. The smallest absolute Gasteiger partial charge is 0.152 e. The monoisotopic (exact) mass is 269 g/mol. The summed E-state index contributed by atoms with van der Waals surface area (Å²) in [6.07, 6.45) is 0. The van der Waals surface area contributed by atoms with E-state index in [-0.39, 0.29) is 6.04 Å². The van der Waals surface area contributed by atoms with Gasteiger partial charge in [-0.05, 0) is 12.1 Å². The second-order valence-electron chi connectivity index (χ2n) is 3.98. The number of furan rings is 1. The van der Waals surface area contributed by atoms with Crippen molar-refractivity contribution in [2.45, 2.75) is 6.04 Å². The lowest BCUT2D eigenvalue weighted by atomic mass is 10.2. The van der Waals surface area contributed by atoms with Crippen LogP contribution in [0.1, 0.15) is 11.8 Å². The molecule has 0 aliphatic heterocycles. The number of halogens is 1. The van der Waals surface area contributed by atoms with E-state index in [2.05, 4.69) is 0 Å². The normalized spacial score (nSPS) is 13.1. The van der Waals surface area contributed by atoms with Crippen molar-refractivity contribution in [3.8, 4) is 0 Å².